The maximum atomic E-state index is 12.0. The van der Waals surface area contributed by atoms with Gasteiger partial charge in [0.15, 0.2) is 11.5 Å². The normalized spacial score (nSPS) is 10.7. The van der Waals surface area contributed by atoms with E-state index in [0.717, 1.165) is 16.1 Å². The van der Waals surface area contributed by atoms with Gasteiger partial charge in [0, 0.05) is 6.42 Å². The number of halogens is 3. The van der Waals surface area contributed by atoms with E-state index >= 15 is 0 Å². The molecule has 1 aromatic carbocycles. The molecule has 0 aliphatic rings. The van der Waals surface area contributed by atoms with Crippen molar-refractivity contribution in [2.75, 3.05) is 19.5 Å². The van der Waals surface area contributed by atoms with E-state index in [-0.39, 0.29) is 5.91 Å². The lowest BCUT2D eigenvalue weighted by molar-refractivity contribution is -0.192. The van der Waals surface area contributed by atoms with Crippen LogP contribution in [0.25, 0.3) is 0 Å². The number of hydrogen-bond donors (Lipinski definition) is 2. The molecule has 32 heavy (non-hydrogen) atoms. The summed E-state index contributed by atoms with van der Waals surface area (Å²) in [5, 5.41) is 23.3. The SMILES string of the molecule is COc1ccc(Cc2nnc(NC(=O)Cc3ccsc3)s2)cc1OC.O=C(O)C(F)(F)F. The number of rotatable bonds is 7. The smallest absolute Gasteiger partial charge is 0.490 e. The molecule has 0 saturated heterocycles. The summed E-state index contributed by atoms with van der Waals surface area (Å²) in [6, 6.07) is 7.66. The summed E-state index contributed by atoms with van der Waals surface area (Å²) < 4.78 is 42.3. The molecule has 0 aliphatic carbocycles. The first-order valence-electron chi connectivity index (χ1n) is 8.76. The van der Waals surface area contributed by atoms with Gasteiger partial charge < -0.3 is 19.9 Å². The van der Waals surface area contributed by atoms with E-state index in [1.165, 1.54) is 11.3 Å². The van der Waals surface area contributed by atoms with Crippen molar-refractivity contribution in [2.45, 2.75) is 19.0 Å². The van der Waals surface area contributed by atoms with Crippen LogP contribution in [0.4, 0.5) is 18.3 Å². The Morgan fingerprint density at radius 3 is 2.34 bits per heavy atom. The first-order valence-corrected chi connectivity index (χ1v) is 10.5. The Hall–Kier alpha value is -3.19. The molecule has 2 heterocycles. The summed E-state index contributed by atoms with van der Waals surface area (Å²) >= 11 is 2.94. The quantitative estimate of drug-likeness (QED) is 0.516. The van der Waals surface area contributed by atoms with Gasteiger partial charge in [0.25, 0.3) is 0 Å². The van der Waals surface area contributed by atoms with Crippen LogP contribution in [0.3, 0.4) is 0 Å². The summed E-state index contributed by atoms with van der Waals surface area (Å²) in [5.74, 6) is -1.49. The van der Waals surface area contributed by atoms with Crippen molar-refractivity contribution in [1.29, 1.82) is 0 Å². The highest BCUT2D eigenvalue weighted by Crippen LogP contribution is 2.29. The van der Waals surface area contributed by atoms with Crippen molar-refractivity contribution in [3.8, 4) is 11.5 Å². The van der Waals surface area contributed by atoms with Crippen LogP contribution in [-0.4, -0.2) is 47.6 Å². The predicted octanol–water partition coefficient (Wildman–Crippen LogP) is 4.02. The highest BCUT2D eigenvalue weighted by Gasteiger charge is 2.38. The summed E-state index contributed by atoms with van der Waals surface area (Å²) in [5.41, 5.74) is 2.03. The molecule has 8 nitrogen and oxygen atoms in total. The molecule has 0 bridgehead atoms. The summed E-state index contributed by atoms with van der Waals surface area (Å²) in [7, 11) is 3.21. The van der Waals surface area contributed by atoms with Crippen molar-refractivity contribution >= 4 is 39.7 Å². The fourth-order valence-electron chi connectivity index (χ4n) is 2.28. The van der Waals surface area contributed by atoms with Crippen molar-refractivity contribution in [3.63, 3.8) is 0 Å². The second kappa shape index (κ2) is 11.4. The van der Waals surface area contributed by atoms with Gasteiger partial charge in [-0.3, -0.25) is 4.79 Å². The van der Waals surface area contributed by atoms with Crippen molar-refractivity contribution in [3.05, 3.63) is 51.2 Å². The van der Waals surface area contributed by atoms with Crippen molar-refractivity contribution in [1.82, 2.24) is 10.2 Å². The lowest BCUT2D eigenvalue weighted by atomic mass is 10.1. The number of amides is 1. The highest BCUT2D eigenvalue weighted by atomic mass is 32.1. The number of methoxy groups -OCH3 is 2. The minimum atomic E-state index is -5.08. The first-order chi connectivity index (χ1) is 15.1. The standard InChI is InChI=1S/C17H17N3O3S2.C2HF3O2/c1-22-13-4-3-11(7-14(13)23-2)9-16-19-20-17(25-16)18-15(21)8-12-5-6-24-10-12;3-2(4,5)1(6)7/h3-7,10H,8-9H2,1-2H3,(H,18,20,21);(H,6,7). The zero-order chi connectivity index (χ0) is 23.7. The largest absolute Gasteiger partial charge is 0.493 e. The third kappa shape index (κ3) is 7.81. The van der Waals surface area contributed by atoms with Gasteiger partial charge in [0.05, 0.1) is 20.6 Å². The number of thiophene rings is 1. The fraction of sp³-hybridized carbons (Fsp3) is 0.263. The Balaban J connectivity index is 0.000000451. The second-order valence-electron chi connectivity index (χ2n) is 6.03. The average molecular weight is 489 g/mol. The van der Waals surface area contributed by atoms with Crippen LogP contribution in [0.5, 0.6) is 11.5 Å². The topological polar surface area (TPSA) is 111 Å². The Bertz CT molecular complexity index is 1040. The van der Waals surface area contributed by atoms with E-state index in [1.807, 2.05) is 35.0 Å². The molecule has 13 heteroatoms. The Morgan fingerprint density at radius 2 is 1.78 bits per heavy atom. The fourth-order valence-corrected chi connectivity index (χ4v) is 3.74. The number of benzene rings is 1. The molecule has 172 valence electrons. The molecule has 0 fully saturated rings. The number of hydrogen-bond acceptors (Lipinski definition) is 8. The van der Waals surface area contributed by atoms with Crippen LogP contribution in [0.1, 0.15) is 16.1 Å². The van der Waals surface area contributed by atoms with Crippen LogP contribution in [-0.2, 0) is 22.4 Å². The Labute approximate surface area is 188 Å². The number of aliphatic carboxylic acids is 1. The van der Waals surface area contributed by atoms with Crippen LogP contribution in [0.15, 0.2) is 35.0 Å². The number of ether oxygens (including phenoxy) is 2. The average Bonchev–Trinajstić information content (AvgIpc) is 3.39. The maximum absolute atomic E-state index is 12.0. The summed E-state index contributed by atoms with van der Waals surface area (Å²) in [4.78, 5) is 20.9. The number of carbonyl (C=O) groups is 2. The van der Waals surface area contributed by atoms with Gasteiger partial charge >= 0.3 is 12.1 Å². The maximum Gasteiger partial charge on any atom is 0.490 e. The molecular formula is C19H18F3N3O5S2. The zero-order valence-electron chi connectivity index (χ0n) is 16.8. The van der Waals surface area contributed by atoms with Gasteiger partial charge in [-0.15, -0.1) is 10.2 Å². The third-order valence-corrected chi connectivity index (χ3v) is 5.27. The number of nitrogens with zero attached hydrogens (tertiary/aromatic N) is 2. The van der Waals surface area contributed by atoms with E-state index in [9.17, 15) is 18.0 Å². The minimum Gasteiger partial charge on any atom is -0.493 e. The monoisotopic (exact) mass is 489 g/mol. The van der Waals surface area contributed by atoms with E-state index in [1.54, 1.807) is 25.6 Å². The molecule has 3 aromatic rings. The lowest BCUT2D eigenvalue weighted by Gasteiger charge is -2.08. The molecule has 0 atom stereocenters. The van der Waals surface area contributed by atoms with E-state index in [2.05, 4.69) is 15.5 Å². The molecule has 0 aliphatic heterocycles. The highest BCUT2D eigenvalue weighted by molar-refractivity contribution is 7.15. The summed E-state index contributed by atoms with van der Waals surface area (Å²) in [6.45, 7) is 0. The molecule has 3 rings (SSSR count). The molecule has 0 spiro atoms. The first kappa shape index (κ1) is 25.1. The molecule has 2 aromatic heterocycles. The number of carboxylic acids is 1. The minimum absolute atomic E-state index is 0.0905. The second-order valence-corrected chi connectivity index (χ2v) is 7.87. The van der Waals surface area contributed by atoms with Crippen LogP contribution in [0.2, 0.25) is 0 Å². The number of carboxylic acid groups (broad SMARTS) is 1. The third-order valence-electron chi connectivity index (χ3n) is 3.70. The van der Waals surface area contributed by atoms with E-state index in [0.29, 0.717) is 29.5 Å². The molecule has 0 unspecified atom stereocenters. The molecule has 2 N–H and O–H groups in total. The molecule has 0 saturated carbocycles. The lowest BCUT2D eigenvalue weighted by Crippen LogP contribution is -2.21. The van der Waals surface area contributed by atoms with Crippen molar-refractivity contribution < 1.29 is 37.3 Å². The number of carbonyl (C=O) groups excluding carboxylic acids is 1. The van der Waals surface area contributed by atoms with Gasteiger partial charge in [-0.2, -0.15) is 24.5 Å². The molecule has 1 amide bonds. The van der Waals surface area contributed by atoms with Gasteiger partial charge in [-0.1, -0.05) is 17.4 Å². The van der Waals surface area contributed by atoms with Crippen LogP contribution in [0, 0.1) is 0 Å². The van der Waals surface area contributed by atoms with Gasteiger partial charge in [-0.05, 0) is 40.1 Å². The Kier molecular flexibility index (Phi) is 8.96. The zero-order valence-corrected chi connectivity index (χ0v) is 18.4. The van der Waals surface area contributed by atoms with Gasteiger partial charge in [0.1, 0.15) is 5.01 Å². The number of anilines is 1. The van der Waals surface area contributed by atoms with E-state index in [4.69, 9.17) is 19.4 Å². The molecular weight excluding hydrogens is 471 g/mol. The molecule has 0 radical (unpaired) electrons. The number of aromatic nitrogens is 2. The predicted molar refractivity (Wildman–Crippen MR) is 113 cm³/mol. The Morgan fingerprint density at radius 1 is 1.09 bits per heavy atom. The van der Waals surface area contributed by atoms with Gasteiger partial charge in [0.2, 0.25) is 11.0 Å². The van der Waals surface area contributed by atoms with E-state index < -0.39 is 12.1 Å². The number of alkyl halides is 3. The van der Waals surface area contributed by atoms with Crippen LogP contribution < -0.4 is 14.8 Å². The van der Waals surface area contributed by atoms with Crippen molar-refractivity contribution in [2.24, 2.45) is 0 Å². The van der Waals surface area contributed by atoms with Crippen LogP contribution >= 0.6 is 22.7 Å². The number of nitrogens with one attached hydrogen (secondary N) is 1. The summed E-state index contributed by atoms with van der Waals surface area (Å²) in [6.07, 6.45) is -4.13. The van der Waals surface area contributed by atoms with Gasteiger partial charge in [-0.25, -0.2) is 4.79 Å².